The lowest BCUT2D eigenvalue weighted by Crippen LogP contribution is -2.30. The molecule has 0 spiro atoms. The summed E-state index contributed by atoms with van der Waals surface area (Å²) in [7, 11) is 3.89. The van der Waals surface area contributed by atoms with E-state index in [1.807, 2.05) is 27.1 Å². The van der Waals surface area contributed by atoms with E-state index in [0.717, 1.165) is 30.5 Å². The van der Waals surface area contributed by atoms with Crippen molar-refractivity contribution in [2.45, 2.75) is 19.4 Å². The van der Waals surface area contributed by atoms with E-state index in [1.54, 1.807) is 0 Å². The standard InChI is InChI=1S/C11H19N5/c1-8-14-10(13-3)6-11(15-8)16-5-4-9(7-16)12-2/h6,9,12H,4-5,7H2,1-3H3,(H,13,14,15). The van der Waals surface area contributed by atoms with Gasteiger partial charge in [0.15, 0.2) is 0 Å². The average Bonchev–Trinajstić information content (AvgIpc) is 2.76. The molecule has 0 aliphatic carbocycles. The van der Waals surface area contributed by atoms with Crippen LogP contribution < -0.4 is 15.5 Å². The number of anilines is 2. The molecule has 1 aromatic rings. The zero-order chi connectivity index (χ0) is 11.5. The first-order chi connectivity index (χ1) is 7.72. The highest BCUT2D eigenvalue weighted by Crippen LogP contribution is 2.20. The minimum atomic E-state index is 0.577. The summed E-state index contributed by atoms with van der Waals surface area (Å²) in [5.74, 6) is 2.72. The van der Waals surface area contributed by atoms with E-state index >= 15 is 0 Å². The summed E-state index contributed by atoms with van der Waals surface area (Å²) in [6.07, 6.45) is 1.18. The monoisotopic (exact) mass is 221 g/mol. The van der Waals surface area contributed by atoms with E-state index in [4.69, 9.17) is 0 Å². The fourth-order valence-corrected chi connectivity index (χ4v) is 2.05. The lowest BCUT2D eigenvalue weighted by atomic mass is 10.3. The Hall–Kier alpha value is -1.36. The van der Waals surface area contributed by atoms with Crippen LogP contribution in [0.1, 0.15) is 12.2 Å². The SMILES string of the molecule is CNc1cc(N2CCC(NC)C2)nc(C)n1. The molecule has 1 aromatic heterocycles. The number of likely N-dealkylation sites (N-methyl/N-ethyl adjacent to an activating group) is 1. The Morgan fingerprint density at radius 2 is 2.19 bits per heavy atom. The molecule has 1 atom stereocenters. The van der Waals surface area contributed by atoms with Gasteiger partial charge in [0, 0.05) is 32.2 Å². The summed E-state index contributed by atoms with van der Waals surface area (Å²) in [4.78, 5) is 11.1. The molecule has 16 heavy (non-hydrogen) atoms. The molecular weight excluding hydrogens is 202 g/mol. The van der Waals surface area contributed by atoms with Gasteiger partial charge >= 0.3 is 0 Å². The maximum absolute atomic E-state index is 4.48. The van der Waals surface area contributed by atoms with Crippen molar-refractivity contribution >= 4 is 11.6 Å². The van der Waals surface area contributed by atoms with Crippen LogP contribution >= 0.6 is 0 Å². The number of rotatable bonds is 3. The predicted molar refractivity (Wildman–Crippen MR) is 66.0 cm³/mol. The second-order valence-electron chi connectivity index (χ2n) is 4.13. The zero-order valence-electron chi connectivity index (χ0n) is 10.1. The van der Waals surface area contributed by atoms with Crippen LogP contribution in [0.2, 0.25) is 0 Å². The van der Waals surface area contributed by atoms with Gasteiger partial charge in [0.05, 0.1) is 0 Å². The third-order valence-electron chi connectivity index (χ3n) is 3.00. The maximum atomic E-state index is 4.48. The van der Waals surface area contributed by atoms with Crippen molar-refractivity contribution in [2.24, 2.45) is 0 Å². The van der Waals surface area contributed by atoms with Crippen LogP contribution in [0, 0.1) is 6.92 Å². The van der Waals surface area contributed by atoms with E-state index in [-0.39, 0.29) is 0 Å². The van der Waals surface area contributed by atoms with Gasteiger partial charge in [0.25, 0.3) is 0 Å². The maximum Gasteiger partial charge on any atom is 0.134 e. The van der Waals surface area contributed by atoms with Gasteiger partial charge < -0.3 is 15.5 Å². The highest BCUT2D eigenvalue weighted by molar-refractivity contribution is 5.49. The molecule has 1 aliphatic heterocycles. The van der Waals surface area contributed by atoms with E-state index < -0.39 is 0 Å². The fraction of sp³-hybridized carbons (Fsp3) is 0.636. The van der Waals surface area contributed by atoms with Crippen LogP contribution in [0.4, 0.5) is 11.6 Å². The number of aryl methyl sites for hydroxylation is 1. The van der Waals surface area contributed by atoms with Crippen molar-refractivity contribution < 1.29 is 0 Å². The number of aromatic nitrogens is 2. The quantitative estimate of drug-likeness (QED) is 0.784. The molecular formula is C11H19N5. The minimum Gasteiger partial charge on any atom is -0.373 e. The summed E-state index contributed by atoms with van der Waals surface area (Å²) in [5.41, 5.74) is 0. The lowest BCUT2D eigenvalue weighted by molar-refractivity contribution is 0.616. The van der Waals surface area contributed by atoms with Gasteiger partial charge in [-0.25, -0.2) is 9.97 Å². The van der Waals surface area contributed by atoms with Crippen molar-refractivity contribution in [1.29, 1.82) is 0 Å². The van der Waals surface area contributed by atoms with Crippen LogP contribution in [0.15, 0.2) is 6.07 Å². The molecule has 2 heterocycles. The highest BCUT2D eigenvalue weighted by atomic mass is 15.2. The molecule has 0 amide bonds. The van der Waals surface area contributed by atoms with Crippen molar-refractivity contribution in [3.63, 3.8) is 0 Å². The number of hydrogen-bond acceptors (Lipinski definition) is 5. The van der Waals surface area contributed by atoms with Gasteiger partial charge in [0.2, 0.25) is 0 Å². The molecule has 1 unspecified atom stereocenters. The Labute approximate surface area is 96.3 Å². The Morgan fingerprint density at radius 3 is 2.81 bits per heavy atom. The predicted octanol–water partition coefficient (Wildman–Crippen LogP) is 0.625. The molecule has 5 nitrogen and oxygen atoms in total. The molecule has 1 saturated heterocycles. The second kappa shape index (κ2) is 4.65. The fourth-order valence-electron chi connectivity index (χ4n) is 2.05. The highest BCUT2D eigenvalue weighted by Gasteiger charge is 2.22. The third kappa shape index (κ3) is 2.24. The van der Waals surface area contributed by atoms with E-state index in [9.17, 15) is 0 Å². The molecule has 1 aliphatic rings. The largest absolute Gasteiger partial charge is 0.373 e. The van der Waals surface area contributed by atoms with E-state index in [2.05, 4.69) is 25.5 Å². The summed E-state index contributed by atoms with van der Waals surface area (Å²) in [6.45, 7) is 4.01. The molecule has 88 valence electrons. The van der Waals surface area contributed by atoms with Gasteiger partial charge in [0.1, 0.15) is 17.5 Å². The Kier molecular flexibility index (Phi) is 3.24. The number of nitrogens with one attached hydrogen (secondary N) is 2. The zero-order valence-corrected chi connectivity index (χ0v) is 10.1. The minimum absolute atomic E-state index is 0.577. The summed E-state index contributed by atoms with van der Waals surface area (Å²) < 4.78 is 0. The van der Waals surface area contributed by atoms with Crippen molar-refractivity contribution in [3.8, 4) is 0 Å². The van der Waals surface area contributed by atoms with Crippen molar-refractivity contribution in [3.05, 3.63) is 11.9 Å². The third-order valence-corrected chi connectivity index (χ3v) is 3.00. The number of nitrogens with zero attached hydrogens (tertiary/aromatic N) is 3. The van der Waals surface area contributed by atoms with Crippen molar-refractivity contribution in [2.75, 3.05) is 37.4 Å². The molecule has 1 fully saturated rings. The Balaban J connectivity index is 2.17. The smallest absolute Gasteiger partial charge is 0.134 e. The average molecular weight is 221 g/mol. The molecule has 5 heteroatoms. The molecule has 0 radical (unpaired) electrons. The molecule has 0 aromatic carbocycles. The van der Waals surface area contributed by atoms with Crippen molar-refractivity contribution in [1.82, 2.24) is 15.3 Å². The van der Waals surface area contributed by atoms with Crippen LogP contribution in [0.25, 0.3) is 0 Å². The van der Waals surface area contributed by atoms with Gasteiger partial charge in [-0.15, -0.1) is 0 Å². The van der Waals surface area contributed by atoms with Crippen LogP contribution in [-0.4, -0.2) is 43.2 Å². The Morgan fingerprint density at radius 1 is 1.38 bits per heavy atom. The normalized spacial score (nSPS) is 20.2. The van der Waals surface area contributed by atoms with Crippen LogP contribution in [-0.2, 0) is 0 Å². The molecule has 0 bridgehead atoms. The topological polar surface area (TPSA) is 53.1 Å². The number of hydrogen-bond donors (Lipinski definition) is 2. The molecule has 2 N–H and O–H groups in total. The summed E-state index contributed by atoms with van der Waals surface area (Å²) >= 11 is 0. The lowest BCUT2D eigenvalue weighted by Gasteiger charge is -2.18. The van der Waals surface area contributed by atoms with E-state index in [0.29, 0.717) is 6.04 Å². The van der Waals surface area contributed by atoms with Gasteiger partial charge in [-0.05, 0) is 20.4 Å². The first-order valence-corrected chi connectivity index (χ1v) is 5.68. The van der Waals surface area contributed by atoms with Crippen LogP contribution in [0.5, 0.6) is 0 Å². The van der Waals surface area contributed by atoms with Gasteiger partial charge in [-0.2, -0.15) is 0 Å². The second-order valence-corrected chi connectivity index (χ2v) is 4.13. The van der Waals surface area contributed by atoms with Crippen LogP contribution in [0.3, 0.4) is 0 Å². The van der Waals surface area contributed by atoms with E-state index in [1.165, 1.54) is 6.42 Å². The van der Waals surface area contributed by atoms with Gasteiger partial charge in [-0.1, -0.05) is 0 Å². The first kappa shape index (κ1) is 11.1. The summed E-state index contributed by atoms with van der Waals surface area (Å²) in [6, 6.07) is 2.58. The Bertz CT molecular complexity index is 365. The summed E-state index contributed by atoms with van der Waals surface area (Å²) in [5, 5.41) is 6.37. The van der Waals surface area contributed by atoms with Gasteiger partial charge in [-0.3, -0.25) is 0 Å². The molecule has 2 rings (SSSR count). The molecule has 0 saturated carbocycles. The first-order valence-electron chi connectivity index (χ1n) is 5.68.